The number of nitrogens with one attached hydrogen (secondary N) is 1. The molecule has 2 aromatic carbocycles. The third-order valence-electron chi connectivity index (χ3n) is 3.61. The molecule has 2 rings (SSSR count). The van der Waals surface area contributed by atoms with Gasteiger partial charge in [0.2, 0.25) is 5.78 Å². The molecule has 0 unspecified atom stereocenters. The number of Topliss-reactive ketones (excluding diaryl/α,β-unsaturated/α-hetero) is 1. The minimum absolute atomic E-state index is 0.262. The van der Waals surface area contributed by atoms with Crippen molar-refractivity contribution in [1.29, 1.82) is 0 Å². The smallest absolute Gasteiger partial charge is 0.343 e. The highest BCUT2D eigenvalue weighted by molar-refractivity contribution is 6.42. The van der Waals surface area contributed by atoms with Gasteiger partial charge >= 0.3 is 6.18 Å². The van der Waals surface area contributed by atoms with Crippen LogP contribution in [0.1, 0.15) is 40.0 Å². The van der Waals surface area contributed by atoms with Crippen LogP contribution in [0.5, 0.6) is 0 Å². The molecule has 6 heteroatoms. The van der Waals surface area contributed by atoms with E-state index in [1.54, 1.807) is 31.2 Å². The van der Waals surface area contributed by atoms with Gasteiger partial charge in [-0.25, -0.2) is 0 Å². The van der Waals surface area contributed by atoms with E-state index in [1.165, 1.54) is 12.1 Å². The van der Waals surface area contributed by atoms with Gasteiger partial charge in [-0.1, -0.05) is 42.0 Å². The average molecular weight is 335 g/mol. The monoisotopic (exact) mass is 335 g/mol. The third-order valence-corrected chi connectivity index (χ3v) is 3.61. The summed E-state index contributed by atoms with van der Waals surface area (Å²) in [6, 6.07) is 10.4. The zero-order valence-electron chi connectivity index (χ0n) is 13.1. The van der Waals surface area contributed by atoms with Gasteiger partial charge in [0.05, 0.1) is 11.6 Å². The van der Waals surface area contributed by atoms with Gasteiger partial charge in [0.25, 0.3) is 5.91 Å². The maximum absolute atomic E-state index is 12.5. The summed E-state index contributed by atoms with van der Waals surface area (Å²) in [6.45, 7) is 3.46. The van der Waals surface area contributed by atoms with Crippen LogP contribution < -0.4 is 5.32 Å². The SMILES string of the molecule is Cc1ccc(C(=O)C(=O)N[C@@H](C)c2ccc(C(F)(F)F)cc2)cc1. The summed E-state index contributed by atoms with van der Waals surface area (Å²) in [5, 5.41) is 2.50. The van der Waals surface area contributed by atoms with Crippen molar-refractivity contribution in [3.05, 3.63) is 70.8 Å². The first kappa shape index (κ1) is 17.7. The summed E-state index contributed by atoms with van der Waals surface area (Å²) in [6.07, 6.45) is -4.41. The zero-order chi connectivity index (χ0) is 17.9. The molecule has 0 aliphatic carbocycles. The van der Waals surface area contributed by atoms with Crippen molar-refractivity contribution in [2.75, 3.05) is 0 Å². The van der Waals surface area contributed by atoms with E-state index in [0.717, 1.165) is 17.7 Å². The summed E-state index contributed by atoms with van der Waals surface area (Å²) in [7, 11) is 0. The maximum Gasteiger partial charge on any atom is 0.416 e. The van der Waals surface area contributed by atoms with Crippen molar-refractivity contribution in [2.24, 2.45) is 0 Å². The standard InChI is InChI=1S/C18H16F3NO2/c1-11-3-5-14(6-4-11)16(23)17(24)22-12(2)13-7-9-15(10-8-13)18(19,20)21/h3-10,12H,1-2H3,(H,22,24)/t12-/m0/s1. The van der Waals surface area contributed by atoms with Crippen LogP contribution >= 0.6 is 0 Å². The quantitative estimate of drug-likeness (QED) is 0.676. The van der Waals surface area contributed by atoms with E-state index in [9.17, 15) is 22.8 Å². The second-order valence-electron chi connectivity index (χ2n) is 5.51. The molecule has 0 fully saturated rings. The van der Waals surface area contributed by atoms with Crippen molar-refractivity contribution in [3.63, 3.8) is 0 Å². The molecule has 0 saturated heterocycles. The fraction of sp³-hybridized carbons (Fsp3) is 0.222. The molecule has 0 aromatic heterocycles. The molecule has 1 N–H and O–H groups in total. The van der Waals surface area contributed by atoms with Gasteiger partial charge in [-0.2, -0.15) is 13.2 Å². The van der Waals surface area contributed by atoms with Gasteiger partial charge in [-0.05, 0) is 31.5 Å². The molecule has 0 spiro atoms. The number of aryl methyl sites for hydroxylation is 1. The number of carbonyl (C=O) groups is 2. The molecule has 0 heterocycles. The number of halogens is 3. The van der Waals surface area contributed by atoms with Crippen molar-refractivity contribution < 1.29 is 22.8 Å². The number of rotatable bonds is 4. The first-order valence-electron chi connectivity index (χ1n) is 7.27. The maximum atomic E-state index is 12.5. The van der Waals surface area contributed by atoms with Gasteiger partial charge in [0.15, 0.2) is 0 Å². The number of ketones is 1. The molecule has 126 valence electrons. The molecule has 2 aromatic rings. The molecule has 24 heavy (non-hydrogen) atoms. The lowest BCUT2D eigenvalue weighted by molar-refractivity contribution is -0.137. The first-order valence-corrected chi connectivity index (χ1v) is 7.27. The third kappa shape index (κ3) is 4.22. The Bertz CT molecular complexity index is 734. The van der Waals surface area contributed by atoms with E-state index in [4.69, 9.17) is 0 Å². The lowest BCUT2D eigenvalue weighted by Gasteiger charge is -2.15. The van der Waals surface area contributed by atoms with Crippen LogP contribution in [0.25, 0.3) is 0 Å². The Hall–Kier alpha value is -2.63. The van der Waals surface area contributed by atoms with E-state index >= 15 is 0 Å². The average Bonchev–Trinajstić information content (AvgIpc) is 2.54. The molecule has 0 bridgehead atoms. The topological polar surface area (TPSA) is 46.2 Å². The summed E-state index contributed by atoms with van der Waals surface area (Å²) in [4.78, 5) is 24.0. The number of alkyl halides is 3. The second kappa shape index (κ2) is 6.86. The van der Waals surface area contributed by atoms with Crippen LogP contribution in [0.3, 0.4) is 0 Å². The molecule has 1 amide bonds. The molecule has 0 aliphatic heterocycles. The largest absolute Gasteiger partial charge is 0.416 e. The van der Waals surface area contributed by atoms with Crippen LogP contribution in [0.4, 0.5) is 13.2 Å². The minimum Gasteiger partial charge on any atom is -0.343 e. The van der Waals surface area contributed by atoms with Gasteiger partial charge in [0.1, 0.15) is 0 Å². The fourth-order valence-corrected chi connectivity index (χ4v) is 2.14. The molecular weight excluding hydrogens is 319 g/mol. The van der Waals surface area contributed by atoms with Crippen molar-refractivity contribution in [2.45, 2.75) is 26.1 Å². The van der Waals surface area contributed by atoms with Crippen LogP contribution in [0.2, 0.25) is 0 Å². The fourth-order valence-electron chi connectivity index (χ4n) is 2.14. The van der Waals surface area contributed by atoms with Gasteiger partial charge in [-0.3, -0.25) is 9.59 Å². The molecule has 3 nitrogen and oxygen atoms in total. The van der Waals surface area contributed by atoms with Crippen molar-refractivity contribution >= 4 is 11.7 Å². The normalized spacial score (nSPS) is 12.5. The first-order chi connectivity index (χ1) is 11.2. The molecule has 0 radical (unpaired) electrons. The summed E-state index contributed by atoms with van der Waals surface area (Å²) in [5.41, 5.74) is 0.941. The van der Waals surface area contributed by atoms with Crippen LogP contribution in [0, 0.1) is 6.92 Å². The van der Waals surface area contributed by atoms with E-state index in [1.807, 2.05) is 6.92 Å². The Kier molecular flexibility index (Phi) is 5.07. The summed E-state index contributed by atoms with van der Waals surface area (Å²) < 4.78 is 37.6. The van der Waals surface area contributed by atoms with Crippen LogP contribution in [-0.4, -0.2) is 11.7 Å². The lowest BCUT2D eigenvalue weighted by atomic mass is 10.0. The number of hydrogen-bond donors (Lipinski definition) is 1. The van der Waals surface area contributed by atoms with E-state index in [0.29, 0.717) is 5.56 Å². The highest BCUT2D eigenvalue weighted by atomic mass is 19.4. The van der Waals surface area contributed by atoms with E-state index in [-0.39, 0.29) is 5.56 Å². The predicted molar refractivity (Wildman–Crippen MR) is 83.5 cm³/mol. The number of carbonyl (C=O) groups excluding carboxylic acids is 2. The number of amides is 1. The highest BCUT2D eigenvalue weighted by Crippen LogP contribution is 2.29. The van der Waals surface area contributed by atoms with E-state index in [2.05, 4.69) is 5.32 Å². The molecule has 0 saturated carbocycles. The van der Waals surface area contributed by atoms with E-state index < -0.39 is 29.5 Å². The second-order valence-corrected chi connectivity index (χ2v) is 5.51. The Balaban J connectivity index is 2.05. The Morgan fingerprint density at radius 3 is 2.00 bits per heavy atom. The predicted octanol–water partition coefficient (Wildman–Crippen LogP) is 4.07. The molecule has 0 aliphatic rings. The van der Waals surface area contributed by atoms with Gasteiger partial charge in [-0.15, -0.1) is 0 Å². The molecule has 1 atom stereocenters. The summed E-state index contributed by atoms with van der Waals surface area (Å²) >= 11 is 0. The summed E-state index contributed by atoms with van der Waals surface area (Å²) in [5.74, 6) is -1.49. The minimum atomic E-state index is -4.41. The van der Waals surface area contributed by atoms with Gasteiger partial charge < -0.3 is 5.32 Å². The Morgan fingerprint density at radius 1 is 0.958 bits per heavy atom. The Labute approximate surface area is 137 Å². The van der Waals surface area contributed by atoms with Crippen molar-refractivity contribution in [1.82, 2.24) is 5.32 Å². The van der Waals surface area contributed by atoms with Crippen LogP contribution in [-0.2, 0) is 11.0 Å². The molecular formula is C18H16F3NO2. The van der Waals surface area contributed by atoms with Crippen LogP contribution in [0.15, 0.2) is 48.5 Å². The highest BCUT2D eigenvalue weighted by Gasteiger charge is 2.30. The van der Waals surface area contributed by atoms with Crippen molar-refractivity contribution in [3.8, 4) is 0 Å². The zero-order valence-corrected chi connectivity index (χ0v) is 13.1. The Morgan fingerprint density at radius 2 is 1.50 bits per heavy atom. The number of benzene rings is 2. The van der Waals surface area contributed by atoms with Gasteiger partial charge in [0, 0.05) is 5.56 Å². The lowest BCUT2D eigenvalue weighted by Crippen LogP contribution is -2.33. The number of hydrogen-bond acceptors (Lipinski definition) is 2.